The van der Waals surface area contributed by atoms with Crippen molar-refractivity contribution in [1.29, 1.82) is 0 Å². The Kier molecular flexibility index (Phi) is 4.07. The number of carbonyl (C=O) groups excluding carboxylic acids is 1. The van der Waals surface area contributed by atoms with Gasteiger partial charge in [0.15, 0.2) is 0 Å². The standard InChI is InChI=1S/C16H25N5O2/c1-19-13(9-21-11-17-10-18-21)7-12-8-20(5-4-14(12)19)16(22)15-3-2-6-23-15/h10-15H,2-9H2,1H3/t12-,13+,14+,15?/m1/s1. The van der Waals surface area contributed by atoms with Crippen molar-refractivity contribution in [1.82, 2.24) is 24.6 Å². The maximum absolute atomic E-state index is 12.6. The van der Waals surface area contributed by atoms with Gasteiger partial charge in [-0.25, -0.2) is 4.98 Å². The third-order valence-electron chi connectivity index (χ3n) is 5.75. The zero-order valence-electron chi connectivity index (χ0n) is 13.7. The van der Waals surface area contributed by atoms with E-state index in [1.807, 2.05) is 9.58 Å². The van der Waals surface area contributed by atoms with E-state index >= 15 is 0 Å². The molecule has 0 aromatic carbocycles. The SMILES string of the molecule is CN1[C@H](Cn2cncn2)C[C@@H]2CN(C(=O)C3CCCO3)CC[C@@H]21. The number of likely N-dealkylation sites (tertiary alicyclic amines) is 2. The summed E-state index contributed by atoms with van der Waals surface area (Å²) in [5.41, 5.74) is 0. The Morgan fingerprint density at radius 1 is 1.39 bits per heavy atom. The Bertz CT molecular complexity index is 543. The van der Waals surface area contributed by atoms with E-state index in [9.17, 15) is 4.79 Å². The molecule has 3 aliphatic rings. The number of hydrogen-bond donors (Lipinski definition) is 0. The van der Waals surface area contributed by atoms with Crippen molar-refractivity contribution in [2.75, 3.05) is 26.7 Å². The Morgan fingerprint density at radius 2 is 2.30 bits per heavy atom. The average molecular weight is 319 g/mol. The van der Waals surface area contributed by atoms with Crippen LogP contribution in [0.2, 0.25) is 0 Å². The normalized spacial score (nSPS) is 34.7. The van der Waals surface area contributed by atoms with Gasteiger partial charge in [0.05, 0.1) is 6.54 Å². The van der Waals surface area contributed by atoms with Crippen LogP contribution in [0.3, 0.4) is 0 Å². The highest BCUT2D eigenvalue weighted by molar-refractivity contribution is 5.81. The van der Waals surface area contributed by atoms with Crippen LogP contribution < -0.4 is 0 Å². The molecule has 0 spiro atoms. The first-order valence-corrected chi connectivity index (χ1v) is 8.67. The Morgan fingerprint density at radius 3 is 3.04 bits per heavy atom. The molecule has 4 heterocycles. The lowest BCUT2D eigenvalue weighted by atomic mass is 9.91. The van der Waals surface area contributed by atoms with E-state index < -0.39 is 0 Å². The predicted molar refractivity (Wildman–Crippen MR) is 83.6 cm³/mol. The van der Waals surface area contributed by atoms with Gasteiger partial charge in [-0.2, -0.15) is 5.10 Å². The molecule has 3 fully saturated rings. The fraction of sp³-hybridized carbons (Fsp3) is 0.812. The summed E-state index contributed by atoms with van der Waals surface area (Å²) < 4.78 is 7.48. The summed E-state index contributed by atoms with van der Waals surface area (Å²) in [6.45, 7) is 3.35. The Balaban J connectivity index is 1.38. The third kappa shape index (κ3) is 2.87. The molecule has 3 saturated heterocycles. The minimum Gasteiger partial charge on any atom is -0.368 e. The number of ether oxygens (including phenoxy) is 1. The van der Waals surface area contributed by atoms with E-state index in [0.717, 1.165) is 51.9 Å². The minimum absolute atomic E-state index is 0.184. The van der Waals surface area contributed by atoms with Crippen LogP contribution in [0, 0.1) is 5.92 Å². The minimum atomic E-state index is -0.184. The summed E-state index contributed by atoms with van der Waals surface area (Å²) in [7, 11) is 2.21. The lowest BCUT2D eigenvalue weighted by molar-refractivity contribution is -0.143. The molecule has 0 radical (unpaired) electrons. The zero-order chi connectivity index (χ0) is 15.8. The van der Waals surface area contributed by atoms with Crippen molar-refractivity contribution < 1.29 is 9.53 Å². The molecule has 1 unspecified atom stereocenters. The van der Waals surface area contributed by atoms with Crippen molar-refractivity contribution in [2.45, 2.75) is 50.4 Å². The molecule has 1 amide bonds. The molecule has 0 bridgehead atoms. The molecule has 0 saturated carbocycles. The largest absolute Gasteiger partial charge is 0.368 e. The van der Waals surface area contributed by atoms with Crippen LogP contribution in [0.5, 0.6) is 0 Å². The summed E-state index contributed by atoms with van der Waals surface area (Å²) in [5, 5.41) is 4.22. The van der Waals surface area contributed by atoms with Crippen molar-refractivity contribution in [3.8, 4) is 0 Å². The van der Waals surface area contributed by atoms with Crippen molar-refractivity contribution >= 4 is 5.91 Å². The van der Waals surface area contributed by atoms with E-state index in [-0.39, 0.29) is 12.0 Å². The Labute approximate surface area is 136 Å². The summed E-state index contributed by atoms with van der Waals surface area (Å²) in [6, 6.07) is 1.06. The summed E-state index contributed by atoms with van der Waals surface area (Å²) >= 11 is 0. The zero-order valence-corrected chi connectivity index (χ0v) is 13.7. The average Bonchev–Trinajstić information content (AvgIpc) is 3.30. The molecule has 3 aliphatic heterocycles. The smallest absolute Gasteiger partial charge is 0.251 e. The van der Waals surface area contributed by atoms with Gasteiger partial charge in [0.25, 0.3) is 5.91 Å². The van der Waals surface area contributed by atoms with Gasteiger partial charge >= 0.3 is 0 Å². The first kappa shape index (κ1) is 15.1. The molecule has 7 heteroatoms. The summed E-state index contributed by atoms with van der Waals surface area (Å²) in [4.78, 5) is 21.1. The van der Waals surface area contributed by atoms with E-state index in [4.69, 9.17) is 4.74 Å². The van der Waals surface area contributed by atoms with E-state index in [1.165, 1.54) is 0 Å². The van der Waals surface area contributed by atoms with E-state index in [0.29, 0.717) is 18.0 Å². The third-order valence-corrected chi connectivity index (χ3v) is 5.75. The van der Waals surface area contributed by atoms with Gasteiger partial charge in [-0.15, -0.1) is 0 Å². The van der Waals surface area contributed by atoms with Gasteiger partial charge < -0.3 is 9.64 Å². The quantitative estimate of drug-likeness (QED) is 0.806. The number of rotatable bonds is 3. The molecule has 1 aromatic rings. The molecule has 1 aromatic heterocycles. The number of likely N-dealkylation sites (N-methyl/N-ethyl adjacent to an activating group) is 1. The predicted octanol–water partition coefficient (Wildman–Crippen LogP) is 0.378. The summed E-state index contributed by atoms with van der Waals surface area (Å²) in [5.74, 6) is 0.774. The topological polar surface area (TPSA) is 63.5 Å². The second-order valence-electron chi connectivity index (χ2n) is 7.07. The number of hydrogen-bond acceptors (Lipinski definition) is 5. The van der Waals surface area contributed by atoms with Crippen molar-refractivity contribution in [2.24, 2.45) is 5.92 Å². The molecular weight excluding hydrogens is 294 g/mol. The maximum Gasteiger partial charge on any atom is 0.251 e. The van der Waals surface area contributed by atoms with Crippen LogP contribution in [-0.4, -0.2) is 75.4 Å². The van der Waals surface area contributed by atoms with Crippen molar-refractivity contribution in [3.05, 3.63) is 12.7 Å². The second-order valence-corrected chi connectivity index (χ2v) is 7.07. The number of nitrogens with zero attached hydrogens (tertiary/aromatic N) is 5. The number of fused-ring (bicyclic) bond motifs is 1. The number of amides is 1. The molecule has 4 rings (SSSR count). The highest BCUT2D eigenvalue weighted by Gasteiger charge is 2.44. The first-order valence-electron chi connectivity index (χ1n) is 8.67. The van der Waals surface area contributed by atoms with Crippen LogP contribution in [0.4, 0.5) is 0 Å². The Hall–Kier alpha value is -1.47. The fourth-order valence-corrected chi connectivity index (χ4v) is 4.50. The molecule has 0 N–H and O–H groups in total. The number of carbonyl (C=O) groups is 1. The van der Waals surface area contributed by atoms with Crippen LogP contribution in [0.15, 0.2) is 12.7 Å². The molecule has 23 heavy (non-hydrogen) atoms. The van der Waals surface area contributed by atoms with Gasteiger partial charge in [-0.05, 0) is 38.6 Å². The fourth-order valence-electron chi connectivity index (χ4n) is 4.50. The second kappa shape index (κ2) is 6.20. The van der Waals surface area contributed by atoms with Crippen LogP contribution in [-0.2, 0) is 16.1 Å². The molecular formula is C16H25N5O2. The molecule has 0 aliphatic carbocycles. The first-order chi connectivity index (χ1) is 11.2. The van der Waals surface area contributed by atoms with E-state index in [1.54, 1.807) is 12.7 Å². The lowest BCUT2D eigenvalue weighted by Crippen LogP contribution is -2.50. The summed E-state index contributed by atoms with van der Waals surface area (Å²) in [6.07, 6.45) is 7.27. The van der Waals surface area contributed by atoms with Crippen LogP contribution >= 0.6 is 0 Å². The highest BCUT2D eigenvalue weighted by atomic mass is 16.5. The maximum atomic E-state index is 12.6. The van der Waals surface area contributed by atoms with Gasteiger partial charge in [-0.1, -0.05) is 0 Å². The molecule has 4 atom stereocenters. The van der Waals surface area contributed by atoms with Gasteiger partial charge in [0, 0.05) is 31.8 Å². The van der Waals surface area contributed by atoms with Gasteiger partial charge in [0.2, 0.25) is 0 Å². The van der Waals surface area contributed by atoms with Crippen molar-refractivity contribution in [3.63, 3.8) is 0 Å². The molecule has 7 nitrogen and oxygen atoms in total. The number of piperidine rings is 1. The monoisotopic (exact) mass is 319 g/mol. The van der Waals surface area contributed by atoms with Crippen LogP contribution in [0.25, 0.3) is 0 Å². The van der Waals surface area contributed by atoms with E-state index in [2.05, 4.69) is 22.0 Å². The lowest BCUT2D eigenvalue weighted by Gasteiger charge is -2.38. The van der Waals surface area contributed by atoms with Crippen LogP contribution in [0.1, 0.15) is 25.7 Å². The van der Waals surface area contributed by atoms with Gasteiger partial charge in [0.1, 0.15) is 18.8 Å². The van der Waals surface area contributed by atoms with Gasteiger partial charge in [-0.3, -0.25) is 14.4 Å². The molecule has 126 valence electrons. The highest BCUT2D eigenvalue weighted by Crippen LogP contribution is 2.35. The number of aromatic nitrogens is 3.